The van der Waals surface area contributed by atoms with E-state index in [2.05, 4.69) is 0 Å². The van der Waals surface area contributed by atoms with Crippen LogP contribution >= 0.6 is 0 Å². The highest BCUT2D eigenvalue weighted by Crippen LogP contribution is 2.10. The number of benzene rings is 1. The molecule has 0 amide bonds. The molecule has 0 aliphatic rings. The Hall–Kier alpha value is -1.84. The van der Waals surface area contributed by atoms with Crippen molar-refractivity contribution in [3.05, 3.63) is 35.9 Å². The minimum Gasteiger partial charge on any atom is -0.481 e. The third-order valence-corrected chi connectivity index (χ3v) is 2.42. The van der Waals surface area contributed by atoms with Crippen molar-refractivity contribution in [1.29, 1.82) is 0 Å². The number of carboxylic acid groups (broad SMARTS) is 1. The van der Waals surface area contributed by atoms with Gasteiger partial charge in [0.1, 0.15) is 6.10 Å². The molecule has 0 saturated carbocycles. The van der Waals surface area contributed by atoms with Crippen molar-refractivity contribution in [2.24, 2.45) is 0 Å². The second kappa shape index (κ2) is 6.68. The normalized spacial score (nSPS) is 11.8. The van der Waals surface area contributed by atoms with Crippen LogP contribution in [0.5, 0.6) is 0 Å². The van der Waals surface area contributed by atoms with Gasteiger partial charge in [0.05, 0.1) is 5.56 Å². The van der Waals surface area contributed by atoms with Crippen LogP contribution in [0.4, 0.5) is 0 Å². The predicted molar refractivity (Wildman–Crippen MR) is 62.8 cm³/mol. The van der Waals surface area contributed by atoms with E-state index in [9.17, 15) is 9.59 Å². The highest BCUT2D eigenvalue weighted by atomic mass is 16.5. The van der Waals surface area contributed by atoms with Gasteiger partial charge in [-0.1, -0.05) is 25.1 Å². The van der Waals surface area contributed by atoms with Crippen LogP contribution in [0.25, 0.3) is 0 Å². The molecule has 0 aromatic heterocycles. The summed E-state index contributed by atoms with van der Waals surface area (Å²) < 4.78 is 5.23. The zero-order chi connectivity index (χ0) is 12.7. The van der Waals surface area contributed by atoms with Crippen LogP contribution in [0.1, 0.15) is 36.5 Å². The fraction of sp³-hybridized carbons (Fsp3) is 0.385. The molecule has 4 heteroatoms. The second-order valence-corrected chi connectivity index (χ2v) is 3.73. The fourth-order valence-corrected chi connectivity index (χ4v) is 1.42. The summed E-state index contributed by atoms with van der Waals surface area (Å²) in [5, 5.41) is 8.57. The number of carboxylic acids is 1. The first-order valence-corrected chi connectivity index (χ1v) is 5.61. The van der Waals surface area contributed by atoms with Crippen LogP contribution < -0.4 is 0 Å². The Balaban J connectivity index is 2.51. The summed E-state index contributed by atoms with van der Waals surface area (Å²) in [6.45, 7) is 1.87. The molecular formula is C13H16O4. The SMILES string of the molecule is CCC(CCC(=O)O)OC(=O)c1ccccc1. The van der Waals surface area contributed by atoms with Crippen molar-refractivity contribution in [2.75, 3.05) is 0 Å². The first-order valence-electron chi connectivity index (χ1n) is 5.61. The molecule has 1 aromatic carbocycles. The molecular weight excluding hydrogens is 220 g/mol. The average Bonchev–Trinajstić information content (AvgIpc) is 2.35. The standard InChI is InChI=1S/C13H16O4/c1-2-11(8-9-12(14)15)17-13(16)10-6-4-3-5-7-10/h3-7,11H,2,8-9H2,1H3,(H,14,15). The van der Waals surface area contributed by atoms with E-state index in [1.54, 1.807) is 24.3 Å². The lowest BCUT2D eigenvalue weighted by Crippen LogP contribution is -2.18. The molecule has 0 saturated heterocycles. The Labute approximate surface area is 100 Å². The van der Waals surface area contributed by atoms with E-state index < -0.39 is 11.9 Å². The number of carbonyl (C=O) groups excluding carboxylic acids is 1. The Kier molecular flexibility index (Phi) is 5.20. The van der Waals surface area contributed by atoms with Crippen molar-refractivity contribution in [1.82, 2.24) is 0 Å². The van der Waals surface area contributed by atoms with Gasteiger partial charge in [-0.2, -0.15) is 0 Å². The average molecular weight is 236 g/mol. The summed E-state index contributed by atoms with van der Waals surface area (Å²) in [7, 11) is 0. The Bertz CT molecular complexity index is 372. The third kappa shape index (κ3) is 4.68. The van der Waals surface area contributed by atoms with Crippen LogP contribution in [-0.4, -0.2) is 23.1 Å². The van der Waals surface area contributed by atoms with Gasteiger partial charge in [-0.05, 0) is 25.0 Å². The number of carbonyl (C=O) groups is 2. The van der Waals surface area contributed by atoms with E-state index in [-0.39, 0.29) is 12.5 Å². The number of ether oxygens (including phenoxy) is 1. The maximum absolute atomic E-state index is 11.7. The lowest BCUT2D eigenvalue weighted by atomic mass is 10.1. The monoisotopic (exact) mass is 236 g/mol. The molecule has 0 heterocycles. The summed E-state index contributed by atoms with van der Waals surface area (Å²) >= 11 is 0. The first kappa shape index (κ1) is 13.2. The van der Waals surface area contributed by atoms with Gasteiger partial charge in [-0.25, -0.2) is 4.79 Å². The highest BCUT2D eigenvalue weighted by molar-refractivity contribution is 5.89. The van der Waals surface area contributed by atoms with Gasteiger partial charge in [-0.15, -0.1) is 0 Å². The van der Waals surface area contributed by atoms with E-state index in [4.69, 9.17) is 9.84 Å². The Morgan fingerprint density at radius 1 is 1.29 bits per heavy atom. The van der Waals surface area contributed by atoms with E-state index in [1.165, 1.54) is 0 Å². The molecule has 0 radical (unpaired) electrons. The largest absolute Gasteiger partial charge is 0.481 e. The van der Waals surface area contributed by atoms with Gasteiger partial charge in [0.15, 0.2) is 0 Å². The maximum Gasteiger partial charge on any atom is 0.338 e. The first-order chi connectivity index (χ1) is 8.13. The molecule has 17 heavy (non-hydrogen) atoms. The Morgan fingerprint density at radius 2 is 1.94 bits per heavy atom. The van der Waals surface area contributed by atoms with Crippen molar-refractivity contribution >= 4 is 11.9 Å². The maximum atomic E-state index is 11.7. The molecule has 0 aliphatic carbocycles. The summed E-state index contributed by atoms with van der Waals surface area (Å²) in [6, 6.07) is 8.68. The third-order valence-electron chi connectivity index (χ3n) is 2.42. The second-order valence-electron chi connectivity index (χ2n) is 3.73. The van der Waals surface area contributed by atoms with Crippen molar-refractivity contribution < 1.29 is 19.4 Å². The fourth-order valence-electron chi connectivity index (χ4n) is 1.42. The van der Waals surface area contributed by atoms with Gasteiger partial charge < -0.3 is 9.84 Å². The van der Waals surface area contributed by atoms with E-state index in [0.717, 1.165) is 0 Å². The predicted octanol–water partition coefficient (Wildman–Crippen LogP) is 2.49. The molecule has 1 aromatic rings. The molecule has 0 aliphatic heterocycles. The van der Waals surface area contributed by atoms with E-state index in [0.29, 0.717) is 18.4 Å². The molecule has 0 fully saturated rings. The molecule has 1 rings (SSSR count). The van der Waals surface area contributed by atoms with Crippen LogP contribution in [0.2, 0.25) is 0 Å². The molecule has 0 bridgehead atoms. The number of hydrogen-bond acceptors (Lipinski definition) is 3. The topological polar surface area (TPSA) is 63.6 Å². The Morgan fingerprint density at radius 3 is 2.47 bits per heavy atom. The lowest BCUT2D eigenvalue weighted by Gasteiger charge is -2.15. The number of esters is 1. The van der Waals surface area contributed by atoms with Gasteiger partial charge >= 0.3 is 11.9 Å². The molecule has 92 valence electrons. The quantitative estimate of drug-likeness (QED) is 0.771. The van der Waals surface area contributed by atoms with E-state index >= 15 is 0 Å². The smallest absolute Gasteiger partial charge is 0.338 e. The van der Waals surface area contributed by atoms with Crippen molar-refractivity contribution in [3.8, 4) is 0 Å². The zero-order valence-electron chi connectivity index (χ0n) is 9.76. The number of hydrogen-bond donors (Lipinski definition) is 1. The highest BCUT2D eigenvalue weighted by Gasteiger charge is 2.15. The van der Waals surface area contributed by atoms with Gasteiger partial charge in [-0.3, -0.25) is 4.79 Å². The van der Waals surface area contributed by atoms with Crippen LogP contribution in [-0.2, 0) is 9.53 Å². The molecule has 0 spiro atoms. The minimum absolute atomic E-state index is 0.0145. The summed E-state index contributed by atoms with van der Waals surface area (Å²) in [5.41, 5.74) is 0.487. The summed E-state index contributed by atoms with van der Waals surface area (Å²) in [6.07, 6.45) is 0.649. The van der Waals surface area contributed by atoms with Crippen LogP contribution in [0, 0.1) is 0 Å². The number of rotatable bonds is 6. The van der Waals surface area contributed by atoms with Gasteiger partial charge in [0.25, 0.3) is 0 Å². The molecule has 1 atom stereocenters. The van der Waals surface area contributed by atoms with Gasteiger partial charge in [0, 0.05) is 6.42 Å². The van der Waals surface area contributed by atoms with Crippen LogP contribution in [0.15, 0.2) is 30.3 Å². The zero-order valence-corrected chi connectivity index (χ0v) is 9.76. The van der Waals surface area contributed by atoms with Gasteiger partial charge in [0.2, 0.25) is 0 Å². The van der Waals surface area contributed by atoms with Crippen LogP contribution in [0.3, 0.4) is 0 Å². The van der Waals surface area contributed by atoms with E-state index in [1.807, 2.05) is 13.0 Å². The van der Waals surface area contributed by atoms with Crippen molar-refractivity contribution in [2.45, 2.75) is 32.3 Å². The molecule has 4 nitrogen and oxygen atoms in total. The minimum atomic E-state index is -0.876. The summed E-state index contributed by atoms with van der Waals surface area (Å²) in [5.74, 6) is -1.28. The number of aliphatic carboxylic acids is 1. The summed E-state index contributed by atoms with van der Waals surface area (Å²) in [4.78, 5) is 22.1. The lowest BCUT2D eigenvalue weighted by molar-refractivity contribution is -0.137. The molecule has 1 N–H and O–H groups in total. The van der Waals surface area contributed by atoms with Crippen molar-refractivity contribution in [3.63, 3.8) is 0 Å². The molecule has 1 unspecified atom stereocenters.